The van der Waals surface area contributed by atoms with E-state index in [0.717, 1.165) is 11.1 Å². The van der Waals surface area contributed by atoms with Crippen molar-refractivity contribution in [2.45, 2.75) is 38.0 Å². The quantitative estimate of drug-likeness (QED) is 0.126. The number of hydrogen-bond donors (Lipinski definition) is 3. The number of aliphatic hydroxyl groups excluding tert-OH is 3. The number of fused-ring (bicyclic) bond motifs is 1. The largest absolute Gasteiger partial charge is 0.467 e. The molecule has 1 fully saturated rings. The molecule has 0 bridgehead atoms. The Morgan fingerprint density at radius 3 is 2.30 bits per heavy atom. The van der Waals surface area contributed by atoms with Crippen LogP contribution in [0, 0.1) is 19.3 Å². The smallest absolute Gasteiger partial charge is 0.320 e. The van der Waals surface area contributed by atoms with E-state index in [1.165, 1.54) is 11.8 Å². The third-order valence-corrected chi connectivity index (χ3v) is 7.08. The average Bonchev–Trinajstić information content (AvgIpc) is 3.58. The van der Waals surface area contributed by atoms with Crippen molar-refractivity contribution < 1.29 is 43.7 Å². The first-order chi connectivity index (χ1) is 21.5. The molecule has 240 valence electrons. The first kappa shape index (κ1) is 33.5. The van der Waals surface area contributed by atoms with Crippen LogP contribution in [-0.4, -0.2) is 126 Å². The minimum absolute atomic E-state index is 0.0925. The van der Waals surface area contributed by atoms with Crippen LogP contribution in [0.2, 0.25) is 0 Å². The lowest BCUT2D eigenvalue weighted by atomic mass is 10.1. The molecule has 0 spiro atoms. The van der Waals surface area contributed by atoms with Crippen LogP contribution in [0.1, 0.15) is 17.4 Å². The number of hydrogen-bond acceptors (Lipinski definition) is 13. The maximum atomic E-state index is 10.6. The molecule has 44 heavy (non-hydrogen) atoms. The van der Waals surface area contributed by atoms with E-state index in [2.05, 4.69) is 32.0 Å². The van der Waals surface area contributed by atoms with Gasteiger partial charge in [0.25, 0.3) is 0 Å². The maximum Gasteiger partial charge on any atom is 0.320 e. The van der Waals surface area contributed by atoms with Gasteiger partial charge in [0.1, 0.15) is 30.7 Å². The van der Waals surface area contributed by atoms with E-state index in [4.69, 9.17) is 34.8 Å². The molecule has 1 aliphatic heterocycles. The van der Waals surface area contributed by atoms with Crippen molar-refractivity contribution in [1.29, 1.82) is 0 Å². The minimum atomic E-state index is -1.32. The van der Waals surface area contributed by atoms with E-state index in [9.17, 15) is 15.3 Å². The molecule has 0 aliphatic carbocycles. The summed E-state index contributed by atoms with van der Waals surface area (Å²) in [5.74, 6) is 2.95. The van der Waals surface area contributed by atoms with Gasteiger partial charge in [0.05, 0.1) is 71.5 Å². The van der Waals surface area contributed by atoms with Gasteiger partial charge < -0.3 is 48.6 Å². The number of methoxy groups -OCH3 is 1. The number of benzene rings is 1. The van der Waals surface area contributed by atoms with Gasteiger partial charge in [-0.15, -0.1) is 6.42 Å². The summed E-state index contributed by atoms with van der Waals surface area (Å²) in [6.07, 6.45) is 2.09. The van der Waals surface area contributed by atoms with Crippen molar-refractivity contribution in [3.8, 4) is 18.4 Å². The van der Waals surface area contributed by atoms with Gasteiger partial charge in [-0.05, 0) is 18.1 Å². The van der Waals surface area contributed by atoms with E-state index in [-0.39, 0.29) is 12.6 Å². The molecular weight excluding hydrogens is 574 g/mol. The summed E-state index contributed by atoms with van der Waals surface area (Å²) in [5.41, 5.74) is 2.56. The Morgan fingerprint density at radius 1 is 0.977 bits per heavy atom. The molecule has 3 heterocycles. The topological polar surface area (TPSA) is 163 Å². The highest BCUT2D eigenvalue weighted by Crippen LogP contribution is 2.34. The van der Waals surface area contributed by atoms with E-state index in [1.54, 1.807) is 6.20 Å². The average molecular weight is 616 g/mol. The predicted molar refractivity (Wildman–Crippen MR) is 159 cm³/mol. The molecule has 4 atom stereocenters. The number of aryl methyl sites for hydroxylation is 1. The highest BCUT2D eigenvalue weighted by Gasteiger charge is 2.44. The van der Waals surface area contributed by atoms with Crippen LogP contribution < -0.4 is 9.64 Å². The second kappa shape index (κ2) is 17.2. The standard InChI is InChI=1S/C30H41N5O9/c1-4-10-40-12-14-42-16-17-43-15-13-41-11-9-34(19-22-8-6-5-7-21(22)2)27-23-18-31-35(28(23)33-30(32-27)39-3)29-26(38)25(37)24(20-36)44-29/h1,5-8,18,24-26,29,36-38H,9-17,19-20H2,2-3H3/t24-,25-,26-,29-/m1/s1. The van der Waals surface area contributed by atoms with Crippen molar-refractivity contribution in [2.24, 2.45) is 0 Å². The molecule has 14 nitrogen and oxygen atoms in total. The molecule has 1 aliphatic rings. The Hall–Kier alpha value is -3.39. The fraction of sp³-hybridized carbons (Fsp3) is 0.567. The Bertz CT molecular complexity index is 1350. The van der Waals surface area contributed by atoms with Crippen LogP contribution >= 0.6 is 0 Å². The molecule has 14 heteroatoms. The summed E-state index contributed by atoms with van der Waals surface area (Å²) in [6, 6.07) is 8.17. The Morgan fingerprint density at radius 2 is 1.66 bits per heavy atom. The van der Waals surface area contributed by atoms with Crippen molar-refractivity contribution in [1.82, 2.24) is 19.7 Å². The fourth-order valence-electron chi connectivity index (χ4n) is 4.71. The molecule has 1 saturated heterocycles. The molecule has 0 radical (unpaired) electrons. The summed E-state index contributed by atoms with van der Waals surface area (Å²) in [7, 11) is 1.46. The summed E-state index contributed by atoms with van der Waals surface area (Å²) in [4.78, 5) is 11.2. The second-order valence-corrected chi connectivity index (χ2v) is 10.0. The van der Waals surface area contributed by atoms with Crippen LogP contribution in [0.3, 0.4) is 0 Å². The zero-order valence-electron chi connectivity index (χ0n) is 25.1. The van der Waals surface area contributed by atoms with E-state index < -0.39 is 31.1 Å². The number of anilines is 1. The third-order valence-electron chi connectivity index (χ3n) is 7.08. The maximum absolute atomic E-state index is 10.6. The molecule has 1 aromatic carbocycles. The molecule has 0 amide bonds. The number of rotatable bonds is 19. The zero-order valence-corrected chi connectivity index (χ0v) is 25.1. The number of aromatic nitrogens is 4. The Kier molecular flexibility index (Phi) is 13.1. The first-order valence-corrected chi connectivity index (χ1v) is 14.4. The van der Waals surface area contributed by atoms with Crippen molar-refractivity contribution in [3.05, 3.63) is 41.6 Å². The van der Waals surface area contributed by atoms with Crippen LogP contribution in [0.25, 0.3) is 11.0 Å². The molecule has 2 aromatic heterocycles. The van der Waals surface area contributed by atoms with Gasteiger partial charge in [-0.25, -0.2) is 4.68 Å². The van der Waals surface area contributed by atoms with Crippen LogP contribution in [0.4, 0.5) is 5.82 Å². The minimum Gasteiger partial charge on any atom is -0.467 e. The van der Waals surface area contributed by atoms with Crippen LogP contribution in [0.15, 0.2) is 30.5 Å². The van der Waals surface area contributed by atoms with E-state index in [0.29, 0.717) is 76.2 Å². The summed E-state index contributed by atoms with van der Waals surface area (Å²) >= 11 is 0. The lowest BCUT2D eigenvalue weighted by Crippen LogP contribution is -2.33. The molecule has 4 rings (SSSR count). The second-order valence-electron chi connectivity index (χ2n) is 10.0. The molecular formula is C30H41N5O9. The molecule has 0 unspecified atom stereocenters. The predicted octanol–water partition coefficient (Wildman–Crippen LogP) is 0.461. The van der Waals surface area contributed by atoms with Gasteiger partial charge in [-0.1, -0.05) is 30.2 Å². The number of terminal acetylenes is 1. The number of nitrogens with zero attached hydrogens (tertiary/aromatic N) is 5. The zero-order chi connectivity index (χ0) is 31.3. The van der Waals surface area contributed by atoms with Gasteiger partial charge >= 0.3 is 6.01 Å². The van der Waals surface area contributed by atoms with Gasteiger partial charge in [0.2, 0.25) is 0 Å². The normalized spacial score (nSPS) is 19.8. The van der Waals surface area contributed by atoms with Crippen LogP contribution in [0.5, 0.6) is 6.01 Å². The van der Waals surface area contributed by atoms with E-state index in [1.807, 2.05) is 25.1 Å². The molecule has 3 aromatic rings. The summed E-state index contributed by atoms with van der Waals surface area (Å²) in [6.45, 7) is 5.85. The third kappa shape index (κ3) is 8.62. The number of aliphatic hydroxyl groups is 3. The van der Waals surface area contributed by atoms with Gasteiger partial charge in [-0.2, -0.15) is 15.1 Å². The Balaban J connectivity index is 1.43. The molecule has 3 N–H and O–H groups in total. The Labute approximate surface area is 256 Å². The fourth-order valence-corrected chi connectivity index (χ4v) is 4.71. The van der Waals surface area contributed by atoms with Gasteiger partial charge in [0, 0.05) is 13.1 Å². The van der Waals surface area contributed by atoms with Crippen LogP contribution in [-0.2, 0) is 30.2 Å². The van der Waals surface area contributed by atoms with E-state index >= 15 is 0 Å². The number of ether oxygens (including phenoxy) is 6. The SMILES string of the molecule is C#CCOCCOCCOCCOCCN(Cc1ccccc1C)c1nc(OC)nc2c1cnn2[C@@H]1O[C@H](CO)[C@@H](O)[C@H]1O. The van der Waals surface area contributed by atoms with Crippen molar-refractivity contribution >= 4 is 16.9 Å². The monoisotopic (exact) mass is 615 g/mol. The summed E-state index contributed by atoms with van der Waals surface area (Å²) < 4.78 is 34.6. The lowest BCUT2D eigenvalue weighted by molar-refractivity contribution is -0.0566. The lowest BCUT2D eigenvalue weighted by Gasteiger charge is -2.25. The highest BCUT2D eigenvalue weighted by atomic mass is 16.6. The summed E-state index contributed by atoms with van der Waals surface area (Å²) in [5, 5.41) is 35.5. The van der Waals surface area contributed by atoms with Crippen molar-refractivity contribution in [2.75, 3.05) is 78.0 Å². The van der Waals surface area contributed by atoms with Gasteiger partial charge in [0.15, 0.2) is 11.9 Å². The highest BCUT2D eigenvalue weighted by molar-refractivity contribution is 5.87. The molecule has 0 saturated carbocycles. The van der Waals surface area contributed by atoms with Gasteiger partial charge in [-0.3, -0.25) is 0 Å². The van der Waals surface area contributed by atoms with Crippen molar-refractivity contribution in [3.63, 3.8) is 0 Å². The first-order valence-electron chi connectivity index (χ1n) is 14.4.